The molecule has 0 bridgehead atoms. The molecule has 0 amide bonds. The average Bonchev–Trinajstić information content (AvgIpc) is 2.60. The fraction of sp³-hybridized carbons (Fsp3) is 0. The average molecular weight is 234 g/mol. The van der Waals surface area contributed by atoms with E-state index in [0.717, 1.165) is 0 Å². The molecule has 0 fully saturated rings. The molecule has 2 aromatic heterocycles. The zero-order valence-corrected chi connectivity index (χ0v) is 9.17. The summed E-state index contributed by atoms with van der Waals surface area (Å²) in [6.45, 7) is 3.42. The van der Waals surface area contributed by atoms with Gasteiger partial charge in [-0.15, -0.1) is 11.3 Å². The Morgan fingerprint density at radius 2 is 2.25 bits per heavy atom. The van der Waals surface area contributed by atoms with E-state index in [2.05, 4.69) is 11.6 Å². The SMILES string of the molecule is C=C(O)c1scc(-c2cccc(=O)[nH]2)c1N. The van der Waals surface area contributed by atoms with Gasteiger partial charge < -0.3 is 15.8 Å². The molecule has 5 heteroatoms. The summed E-state index contributed by atoms with van der Waals surface area (Å²) in [4.78, 5) is 14.4. The van der Waals surface area contributed by atoms with Crippen molar-refractivity contribution in [3.8, 4) is 11.3 Å². The van der Waals surface area contributed by atoms with Crippen LogP contribution in [0.15, 0.2) is 35.0 Å². The van der Waals surface area contributed by atoms with Gasteiger partial charge in [-0.3, -0.25) is 4.79 Å². The summed E-state index contributed by atoms with van der Waals surface area (Å²) < 4.78 is 0. The Hall–Kier alpha value is -2.01. The van der Waals surface area contributed by atoms with E-state index in [-0.39, 0.29) is 11.3 Å². The van der Waals surface area contributed by atoms with Gasteiger partial charge in [0, 0.05) is 17.0 Å². The van der Waals surface area contributed by atoms with Gasteiger partial charge in [0.05, 0.1) is 16.3 Å². The molecule has 2 rings (SSSR count). The fourth-order valence-electron chi connectivity index (χ4n) is 1.40. The molecule has 0 saturated carbocycles. The summed E-state index contributed by atoms with van der Waals surface area (Å²) in [6.07, 6.45) is 0. The summed E-state index contributed by atoms with van der Waals surface area (Å²) in [5.74, 6) is -0.0629. The Morgan fingerprint density at radius 1 is 1.50 bits per heavy atom. The molecule has 0 unspecified atom stereocenters. The first-order chi connectivity index (χ1) is 7.59. The molecule has 0 atom stereocenters. The van der Waals surface area contributed by atoms with Crippen LogP contribution in [0.3, 0.4) is 0 Å². The topological polar surface area (TPSA) is 79.1 Å². The van der Waals surface area contributed by atoms with E-state index in [0.29, 0.717) is 21.8 Å². The highest BCUT2D eigenvalue weighted by atomic mass is 32.1. The van der Waals surface area contributed by atoms with E-state index in [9.17, 15) is 9.90 Å². The largest absolute Gasteiger partial charge is 0.507 e. The van der Waals surface area contributed by atoms with Crippen molar-refractivity contribution in [1.82, 2.24) is 4.98 Å². The molecule has 2 heterocycles. The van der Waals surface area contributed by atoms with Crippen molar-refractivity contribution in [2.75, 3.05) is 5.73 Å². The van der Waals surface area contributed by atoms with E-state index in [4.69, 9.17) is 5.73 Å². The minimum atomic E-state index is -0.188. The van der Waals surface area contributed by atoms with Gasteiger partial charge in [-0.1, -0.05) is 12.6 Å². The van der Waals surface area contributed by atoms with Crippen LogP contribution in [0.25, 0.3) is 17.0 Å². The molecule has 0 aromatic carbocycles. The van der Waals surface area contributed by atoms with Crippen molar-refractivity contribution in [3.63, 3.8) is 0 Å². The minimum absolute atomic E-state index is 0.0629. The molecular weight excluding hydrogens is 224 g/mol. The maximum atomic E-state index is 11.2. The van der Waals surface area contributed by atoms with Crippen molar-refractivity contribution in [1.29, 1.82) is 0 Å². The lowest BCUT2D eigenvalue weighted by molar-refractivity contribution is 0.516. The number of aliphatic hydroxyl groups is 1. The number of pyridine rings is 1. The van der Waals surface area contributed by atoms with Crippen LogP contribution in [0.1, 0.15) is 4.88 Å². The van der Waals surface area contributed by atoms with Crippen molar-refractivity contribution in [2.24, 2.45) is 0 Å². The number of rotatable bonds is 2. The number of aromatic amines is 1. The van der Waals surface area contributed by atoms with Crippen LogP contribution >= 0.6 is 11.3 Å². The van der Waals surface area contributed by atoms with E-state index >= 15 is 0 Å². The number of nitrogens with two attached hydrogens (primary N) is 1. The summed E-state index contributed by atoms with van der Waals surface area (Å²) in [6, 6.07) is 4.83. The van der Waals surface area contributed by atoms with Crippen LogP contribution in [0, 0.1) is 0 Å². The number of aromatic nitrogens is 1. The molecule has 0 aliphatic rings. The van der Waals surface area contributed by atoms with Crippen LogP contribution < -0.4 is 11.3 Å². The van der Waals surface area contributed by atoms with Gasteiger partial charge in [0.25, 0.3) is 0 Å². The zero-order chi connectivity index (χ0) is 11.7. The molecule has 0 aliphatic heterocycles. The fourth-order valence-corrected chi connectivity index (χ4v) is 2.27. The van der Waals surface area contributed by atoms with E-state index in [1.165, 1.54) is 17.4 Å². The third-order valence-electron chi connectivity index (χ3n) is 2.15. The predicted molar refractivity (Wildman–Crippen MR) is 66.5 cm³/mol. The van der Waals surface area contributed by atoms with Crippen LogP contribution in [0.4, 0.5) is 5.69 Å². The first kappa shape index (κ1) is 10.5. The number of H-pyrrole nitrogens is 1. The number of nitrogen functional groups attached to an aromatic ring is 1. The van der Waals surface area contributed by atoms with Crippen molar-refractivity contribution >= 4 is 22.8 Å². The maximum Gasteiger partial charge on any atom is 0.248 e. The van der Waals surface area contributed by atoms with E-state index in [1.54, 1.807) is 17.5 Å². The summed E-state index contributed by atoms with van der Waals surface area (Å²) in [7, 11) is 0. The number of anilines is 1. The van der Waals surface area contributed by atoms with Crippen LogP contribution in [-0.2, 0) is 0 Å². The minimum Gasteiger partial charge on any atom is -0.507 e. The van der Waals surface area contributed by atoms with E-state index in [1.807, 2.05) is 0 Å². The number of thiophene rings is 1. The highest BCUT2D eigenvalue weighted by molar-refractivity contribution is 7.12. The molecule has 16 heavy (non-hydrogen) atoms. The summed E-state index contributed by atoms with van der Waals surface area (Å²) >= 11 is 1.29. The van der Waals surface area contributed by atoms with Gasteiger partial charge in [0.2, 0.25) is 5.56 Å². The Labute approximate surface area is 95.7 Å². The lowest BCUT2D eigenvalue weighted by Gasteiger charge is -2.01. The first-order valence-electron chi connectivity index (χ1n) is 4.54. The van der Waals surface area contributed by atoms with Gasteiger partial charge in [0.15, 0.2) is 0 Å². The maximum absolute atomic E-state index is 11.2. The number of aliphatic hydroxyl groups excluding tert-OH is 1. The lowest BCUT2D eigenvalue weighted by Crippen LogP contribution is -2.04. The number of nitrogens with one attached hydrogen (secondary N) is 1. The van der Waals surface area contributed by atoms with Gasteiger partial charge >= 0.3 is 0 Å². The Kier molecular flexibility index (Phi) is 2.54. The smallest absolute Gasteiger partial charge is 0.248 e. The second-order valence-corrected chi connectivity index (χ2v) is 4.15. The Morgan fingerprint density at radius 3 is 2.81 bits per heavy atom. The zero-order valence-electron chi connectivity index (χ0n) is 8.36. The summed E-state index contributed by atoms with van der Waals surface area (Å²) in [5, 5.41) is 11.1. The standard InChI is InChI=1S/C11H10N2O2S/c1-6(14)11-10(12)7(5-16-11)8-3-2-4-9(15)13-8/h2-5,14H,1,12H2,(H,13,15). The van der Waals surface area contributed by atoms with Crippen LogP contribution in [0.2, 0.25) is 0 Å². The second kappa shape index (κ2) is 3.86. The summed E-state index contributed by atoms with van der Waals surface area (Å²) in [5.41, 5.74) is 7.43. The molecule has 0 radical (unpaired) electrons. The Balaban J connectivity index is 2.57. The molecule has 0 saturated heterocycles. The monoisotopic (exact) mass is 234 g/mol. The predicted octanol–water partition coefficient (Wildman–Crippen LogP) is 2.21. The molecule has 0 spiro atoms. The van der Waals surface area contributed by atoms with Gasteiger partial charge in [0.1, 0.15) is 5.76 Å². The second-order valence-electron chi connectivity index (χ2n) is 3.27. The van der Waals surface area contributed by atoms with Crippen LogP contribution in [-0.4, -0.2) is 10.1 Å². The van der Waals surface area contributed by atoms with Gasteiger partial charge in [-0.25, -0.2) is 0 Å². The van der Waals surface area contributed by atoms with E-state index < -0.39 is 0 Å². The first-order valence-corrected chi connectivity index (χ1v) is 5.42. The van der Waals surface area contributed by atoms with Crippen molar-refractivity contribution in [2.45, 2.75) is 0 Å². The lowest BCUT2D eigenvalue weighted by atomic mass is 10.1. The number of hydrogen-bond acceptors (Lipinski definition) is 4. The van der Waals surface area contributed by atoms with Crippen molar-refractivity contribution in [3.05, 3.63) is 45.4 Å². The molecule has 4 N–H and O–H groups in total. The molecule has 0 aliphatic carbocycles. The third-order valence-corrected chi connectivity index (χ3v) is 3.19. The van der Waals surface area contributed by atoms with Gasteiger partial charge in [-0.05, 0) is 6.07 Å². The quantitative estimate of drug-likeness (QED) is 0.697. The van der Waals surface area contributed by atoms with Crippen LogP contribution in [0.5, 0.6) is 0 Å². The normalized spacial score (nSPS) is 10.2. The Bertz CT molecular complexity index is 598. The molecular formula is C11H10N2O2S. The number of hydrogen-bond donors (Lipinski definition) is 3. The molecule has 4 nitrogen and oxygen atoms in total. The van der Waals surface area contributed by atoms with Gasteiger partial charge in [-0.2, -0.15) is 0 Å². The van der Waals surface area contributed by atoms with Crippen molar-refractivity contribution < 1.29 is 5.11 Å². The third kappa shape index (κ3) is 1.72. The highest BCUT2D eigenvalue weighted by Gasteiger charge is 2.12. The molecule has 2 aromatic rings. The molecule has 82 valence electrons. The highest BCUT2D eigenvalue weighted by Crippen LogP contribution is 2.35.